The zero-order valence-corrected chi connectivity index (χ0v) is 24.2. The largest absolute Gasteiger partial charge is 0.394 e. The van der Waals surface area contributed by atoms with Crippen LogP contribution in [0.15, 0.2) is 0 Å². The monoisotopic (exact) mass is 610 g/mol. The maximum absolute atomic E-state index is 12.7. The van der Waals surface area contributed by atoms with Crippen molar-refractivity contribution in [1.82, 2.24) is 21.3 Å². The van der Waals surface area contributed by atoms with Crippen molar-refractivity contribution >= 4 is 11.8 Å². The average Bonchev–Trinajstić information content (AvgIpc) is 3.41. The molecule has 1 saturated carbocycles. The van der Waals surface area contributed by atoms with E-state index in [1.54, 1.807) is 0 Å². The first-order valence-electron chi connectivity index (χ1n) is 14.6. The lowest BCUT2D eigenvalue weighted by Gasteiger charge is -2.42. The molecule has 2 rings (SSSR count). The number of carbonyl (C=O) groups excluding carboxylic acids is 2. The van der Waals surface area contributed by atoms with Gasteiger partial charge in [-0.1, -0.05) is 13.3 Å². The van der Waals surface area contributed by atoms with Gasteiger partial charge in [0.1, 0.15) is 42.7 Å². The highest BCUT2D eigenvalue weighted by atomic mass is 16.7. The number of nitrogens with one attached hydrogen (secondary N) is 4. The van der Waals surface area contributed by atoms with Gasteiger partial charge in [-0.05, 0) is 39.3 Å². The quantitative estimate of drug-likeness (QED) is 0.0647. The van der Waals surface area contributed by atoms with Gasteiger partial charge in [0.2, 0.25) is 5.91 Å². The summed E-state index contributed by atoms with van der Waals surface area (Å²) < 4.78 is 10.5. The first kappa shape index (κ1) is 36.7. The second-order valence-electron chi connectivity index (χ2n) is 10.9. The molecule has 2 aliphatic rings. The highest BCUT2D eigenvalue weighted by Crippen LogP contribution is 2.27. The fraction of sp³-hybridized carbons (Fsp3) is 0.923. The van der Waals surface area contributed by atoms with E-state index in [-0.39, 0.29) is 37.0 Å². The van der Waals surface area contributed by atoms with Gasteiger partial charge in [-0.2, -0.15) is 0 Å². The Balaban J connectivity index is 1.82. The number of aliphatic hydroxyl groups excluding tert-OH is 8. The maximum Gasteiger partial charge on any atom is 0.251 e. The van der Waals surface area contributed by atoms with Crippen LogP contribution in [-0.2, 0) is 19.1 Å². The van der Waals surface area contributed by atoms with Gasteiger partial charge in [0.05, 0.1) is 19.1 Å². The van der Waals surface area contributed by atoms with Crippen molar-refractivity contribution in [2.45, 2.75) is 106 Å². The van der Waals surface area contributed by atoms with E-state index < -0.39 is 74.2 Å². The molecule has 1 heterocycles. The Labute approximate surface area is 245 Å². The van der Waals surface area contributed by atoms with Crippen LogP contribution in [0.1, 0.15) is 39.0 Å². The molecule has 1 aliphatic heterocycles. The summed E-state index contributed by atoms with van der Waals surface area (Å²) in [6.07, 6.45) is -12.5. The fourth-order valence-electron chi connectivity index (χ4n) is 5.22. The Morgan fingerprint density at radius 3 is 2.26 bits per heavy atom. The predicted molar refractivity (Wildman–Crippen MR) is 147 cm³/mol. The minimum absolute atomic E-state index is 0.0327. The summed E-state index contributed by atoms with van der Waals surface area (Å²) in [4.78, 5) is 25.2. The van der Waals surface area contributed by atoms with Crippen molar-refractivity contribution in [2.24, 2.45) is 5.92 Å². The van der Waals surface area contributed by atoms with E-state index in [4.69, 9.17) is 9.47 Å². The topological polar surface area (TPSA) is 263 Å². The van der Waals surface area contributed by atoms with E-state index in [1.807, 2.05) is 7.05 Å². The van der Waals surface area contributed by atoms with Gasteiger partial charge in [-0.3, -0.25) is 9.59 Å². The normalized spacial score (nSPS) is 32.6. The van der Waals surface area contributed by atoms with Crippen LogP contribution < -0.4 is 21.3 Å². The van der Waals surface area contributed by atoms with E-state index in [1.165, 1.54) is 0 Å². The van der Waals surface area contributed by atoms with Crippen LogP contribution in [0.25, 0.3) is 0 Å². The Bertz CT molecular complexity index is 811. The number of hydrogen-bond acceptors (Lipinski definition) is 14. The molecule has 0 aromatic carbocycles. The van der Waals surface area contributed by atoms with Crippen LogP contribution in [0.4, 0.5) is 0 Å². The molecule has 16 heteroatoms. The zero-order valence-electron chi connectivity index (χ0n) is 24.2. The first-order valence-corrected chi connectivity index (χ1v) is 14.6. The molecule has 0 radical (unpaired) electrons. The smallest absolute Gasteiger partial charge is 0.251 e. The molecular formula is C26H50N4O12. The van der Waals surface area contributed by atoms with Crippen molar-refractivity contribution in [3.8, 4) is 0 Å². The highest BCUT2D eigenvalue weighted by molar-refractivity contribution is 5.81. The van der Waals surface area contributed by atoms with Crippen molar-refractivity contribution in [1.29, 1.82) is 0 Å². The van der Waals surface area contributed by atoms with E-state index in [9.17, 15) is 50.4 Å². The van der Waals surface area contributed by atoms with Crippen molar-refractivity contribution in [3.63, 3.8) is 0 Å². The number of ether oxygens (including phenoxy) is 2. The Morgan fingerprint density at radius 1 is 0.952 bits per heavy atom. The molecule has 12 N–H and O–H groups in total. The molecule has 42 heavy (non-hydrogen) atoms. The number of rotatable bonds is 18. The van der Waals surface area contributed by atoms with Gasteiger partial charge >= 0.3 is 0 Å². The van der Waals surface area contributed by atoms with E-state index >= 15 is 0 Å². The third-order valence-electron chi connectivity index (χ3n) is 7.82. The molecule has 4 unspecified atom stereocenters. The number of amides is 2. The third kappa shape index (κ3) is 10.0. The maximum atomic E-state index is 12.7. The summed E-state index contributed by atoms with van der Waals surface area (Å²) in [5.74, 6) is -1.32. The molecule has 0 bridgehead atoms. The summed E-state index contributed by atoms with van der Waals surface area (Å²) in [5.41, 5.74) is 0. The van der Waals surface area contributed by atoms with Crippen LogP contribution in [0.2, 0.25) is 0 Å². The molecular weight excluding hydrogens is 560 g/mol. The van der Waals surface area contributed by atoms with Crippen molar-refractivity contribution < 1.29 is 59.9 Å². The molecule has 246 valence electrons. The van der Waals surface area contributed by atoms with Crippen LogP contribution >= 0.6 is 0 Å². The van der Waals surface area contributed by atoms with Crippen LogP contribution in [0, 0.1) is 5.92 Å². The molecule has 0 aromatic rings. The molecule has 12 atom stereocenters. The van der Waals surface area contributed by atoms with E-state index in [2.05, 4.69) is 28.2 Å². The van der Waals surface area contributed by atoms with Crippen molar-refractivity contribution in [3.05, 3.63) is 0 Å². The van der Waals surface area contributed by atoms with Crippen LogP contribution in [-0.4, -0.2) is 160 Å². The number of aliphatic hydroxyl groups is 8. The second kappa shape index (κ2) is 18.3. The Hall–Kier alpha value is -1.54. The fourth-order valence-corrected chi connectivity index (χ4v) is 5.22. The lowest BCUT2D eigenvalue weighted by molar-refractivity contribution is -0.326. The average molecular weight is 611 g/mol. The lowest BCUT2D eigenvalue weighted by atomic mass is 9.98. The summed E-state index contributed by atoms with van der Waals surface area (Å²) >= 11 is 0. The molecule has 1 aliphatic carbocycles. The summed E-state index contributed by atoms with van der Waals surface area (Å²) in [6, 6.07) is 0.308. The van der Waals surface area contributed by atoms with Crippen LogP contribution in [0.3, 0.4) is 0 Å². The number of unbranched alkanes of at least 4 members (excludes halogenated alkanes) is 1. The molecule has 2 amide bonds. The predicted octanol–water partition coefficient (Wildman–Crippen LogP) is -5.37. The van der Waals surface area contributed by atoms with Crippen molar-refractivity contribution in [2.75, 3.05) is 39.9 Å². The third-order valence-corrected chi connectivity index (χ3v) is 7.82. The number of carbonyl (C=O) groups is 2. The molecule has 1 saturated heterocycles. The van der Waals surface area contributed by atoms with Gasteiger partial charge in [0.25, 0.3) is 5.91 Å². The van der Waals surface area contributed by atoms with Gasteiger partial charge in [-0.25, -0.2) is 0 Å². The van der Waals surface area contributed by atoms with Gasteiger partial charge in [0, 0.05) is 25.2 Å². The Kier molecular flexibility index (Phi) is 16.0. The van der Waals surface area contributed by atoms with Crippen LogP contribution in [0.5, 0.6) is 0 Å². The molecule has 16 nitrogen and oxygen atoms in total. The van der Waals surface area contributed by atoms with Gasteiger partial charge in [-0.15, -0.1) is 0 Å². The minimum atomic E-state index is -2.15. The summed E-state index contributed by atoms with van der Waals surface area (Å²) in [6.45, 7) is 1.58. The molecule has 2 fully saturated rings. The summed E-state index contributed by atoms with van der Waals surface area (Å²) in [5, 5.41) is 91.8. The van der Waals surface area contributed by atoms with E-state index in [0.717, 1.165) is 25.8 Å². The number of hydrogen-bond donors (Lipinski definition) is 12. The standard InChI is InChI=1S/C26H50N4O12/c1-3-4-6-28-13-9-14(15(10-13)27-2)24(39)29-7-5-8-30-25(40)21(37)20(36)23(16(33)11-31)42-26-22(38)19(35)18(34)17(12-32)41-26/h13-23,26-28,31-38H,3-12H2,1-2H3,(H,29,39)(H,30,40)/t13?,14?,15?,16-,17-,18+,19+,20-,21-,22-,23-,26?/m1/s1. The lowest BCUT2D eigenvalue weighted by Crippen LogP contribution is -2.62. The highest BCUT2D eigenvalue weighted by Gasteiger charge is 2.47. The first-order chi connectivity index (χ1) is 20.0. The summed E-state index contributed by atoms with van der Waals surface area (Å²) in [7, 11) is 1.83. The SMILES string of the molecule is CCCCNC1CC(NC)C(C(=O)NCCCNC(=O)[C@H](O)[C@@H](O)[C@H](OC2O[C@H](CO)[C@H](O)[C@H](O)[C@H]2O)[C@H](O)CO)C1. The zero-order chi connectivity index (χ0) is 31.4. The van der Waals surface area contributed by atoms with E-state index in [0.29, 0.717) is 12.8 Å². The van der Waals surface area contributed by atoms with Gasteiger partial charge < -0.3 is 71.6 Å². The van der Waals surface area contributed by atoms with Gasteiger partial charge in [0.15, 0.2) is 12.4 Å². The molecule has 0 aromatic heterocycles. The Morgan fingerprint density at radius 2 is 1.64 bits per heavy atom. The molecule has 0 spiro atoms. The minimum Gasteiger partial charge on any atom is -0.394 e. The second-order valence-corrected chi connectivity index (χ2v) is 10.9.